The fourth-order valence-corrected chi connectivity index (χ4v) is 3.06. The molecule has 26 heavy (non-hydrogen) atoms. The Kier molecular flexibility index (Phi) is 5.75. The lowest BCUT2D eigenvalue weighted by molar-refractivity contribution is -0.117. The molecule has 3 rings (SSSR count). The normalized spacial score (nSPS) is 14.9. The van der Waals surface area contributed by atoms with E-state index in [-0.39, 0.29) is 29.7 Å². The van der Waals surface area contributed by atoms with Gasteiger partial charge in [-0.2, -0.15) is 0 Å². The smallest absolute Gasteiger partial charge is 0.257 e. The summed E-state index contributed by atoms with van der Waals surface area (Å²) in [5.41, 5.74) is 0.968. The Labute approximate surface area is 157 Å². The molecule has 1 saturated heterocycles. The number of anilines is 1. The Morgan fingerprint density at radius 1 is 1.04 bits per heavy atom. The summed E-state index contributed by atoms with van der Waals surface area (Å²) in [6, 6.07) is 13.7. The fourth-order valence-electron chi connectivity index (χ4n) is 2.88. The zero-order valence-corrected chi connectivity index (χ0v) is 14.9. The van der Waals surface area contributed by atoms with Crippen LogP contribution >= 0.6 is 11.6 Å². The lowest BCUT2D eigenvalue weighted by Crippen LogP contribution is -2.50. The summed E-state index contributed by atoms with van der Waals surface area (Å²) in [6.07, 6.45) is 0. The number of piperazine rings is 1. The molecule has 0 atom stereocenters. The Morgan fingerprint density at radius 2 is 1.73 bits per heavy atom. The van der Waals surface area contributed by atoms with Gasteiger partial charge in [0.2, 0.25) is 5.91 Å². The van der Waals surface area contributed by atoms with Crippen molar-refractivity contribution in [2.24, 2.45) is 0 Å². The van der Waals surface area contributed by atoms with Gasteiger partial charge in [-0.05, 0) is 30.3 Å². The van der Waals surface area contributed by atoms with Gasteiger partial charge in [-0.1, -0.05) is 29.8 Å². The van der Waals surface area contributed by atoms with Gasteiger partial charge in [0.05, 0.1) is 12.1 Å². The highest BCUT2D eigenvalue weighted by atomic mass is 35.5. The second-order valence-electron chi connectivity index (χ2n) is 6.14. The number of benzene rings is 2. The highest BCUT2D eigenvalue weighted by Crippen LogP contribution is 2.23. The van der Waals surface area contributed by atoms with Crippen molar-refractivity contribution < 1.29 is 14.7 Å². The number of amides is 2. The van der Waals surface area contributed by atoms with Crippen LogP contribution in [0.2, 0.25) is 5.02 Å². The SMILES string of the molecule is O=C(CN1CCN(C(=O)c2cc(Cl)ccc2O)CC1)Nc1ccccc1. The van der Waals surface area contributed by atoms with Crippen molar-refractivity contribution in [3.63, 3.8) is 0 Å². The zero-order chi connectivity index (χ0) is 18.5. The van der Waals surface area contributed by atoms with Crippen molar-refractivity contribution >= 4 is 29.1 Å². The van der Waals surface area contributed by atoms with Gasteiger partial charge in [-0.3, -0.25) is 14.5 Å². The number of hydrogen-bond acceptors (Lipinski definition) is 4. The first-order valence-electron chi connectivity index (χ1n) is 8.38. The van der Waals surface area contributed by atoms with Crippen LogP contribution in [0.15, 0.2) is 48.5 Å². The van der Waals surface area contributed by atoms with Crippen LogP contribution < -0.4 is 5.32 Å². The van der Waals surface area contributed by atoms with E-state index in [1.54, 1.807) is 4.90 Å². The number of nitrogens with zero attached hydrogens (tertiary/aromatic N) is 2. The van der Waals surface area contributed by atoms with Crippen molar-refractivity contribution in [2.45, 2.75) is 0 Å². The molecule has 2 aromatic rings. The minimum Gasteiger partial charge on any atom is -0.507 e. The molecule has 0 saturated carbocycles. The van der Waals surface area contributed by atoms with Crippen molar-refractivity contribution in [3.05, 3.63) is 59.1 Å². The second kappa shape index (κ2) is 8.21. The molecule has 0 bridgehead atoms. The van der Waals surface area contributed by atoms with Crippen LogP contribution in [0.1, 0.15) is 10.4 Å². The van der Waals surface area contributed by atoms with E-state index in [0.29, 0.717) is 31.2 Å². The Hall–Kier alpha value is -2.57. The molecule has 2 amide bonds. The van der Waals surface area contributed by atoms with Crippen molar-refractivity contribution in [1.29, 1.82) is 0 Å². The predicted molar refractivity (Wildman–Crippen MR) is 101 cm³/mol. The van der Waals surface area contributed by atoms with E-state index in [2.05, 4.69) is 5.32 Å². The van der Waals surface area contributed by atoms with Crippen LogP contribution in [0.4, 0.5) is 5.69 Å². The third kappa shape index (κ3) is 4.53. The van der Waals surface area contributed by atoms with Crippen molar-refractivity contribution in [1.82, 2.24) is 9.80 Å². The van der Waals surface area contributed by atoms with Crippen molar-refractivity contribution in [2.75, 3.05) is 38.0 Å². The van der Waals surface area contributed by atoms with Crippen LogP contribution in [-0.4, -0.2) is 59.4 Å². The summed E-state index contributed by atoms with van der Waals surface area (Å²) in [6.45, 7) is 2.44. The van der Waals surface area contributed by atoms with Gasteiger partial charge < -0.3 is 15.3 Å². The lowest BCUT2D eigenvalue weighted by Gasteiger charge is -2.34. The maximum Gasteiger partial charge on any atom is 0.257 e. The summed E-state index contributed by atoms with van der Waals surface area (Å²) in [5, 5.41) is 13.1. The second-order valence-corrected chi connectivity index (χ2v) is 6.58. The number of phenols is 1. The summed E-state index contributed by atoms with van der Waals surface area (Å²) in [4.78, 5) is 28.3. The molecule has 1 fully saturated rings. The molecule has 0 radical (unpaired) electrons. The van der Waals surface area contributed by atoms with E-state index in [9.17, 15) is 14.7 Å². The molecule has 1 aliphatic rings. The molecule has 7 heteroatoms. The number of phenolic OH excluding ortho intramolecular Hbond substituents is 1. The van der Waals surface area contributed by atoms with E-state index in [1.807, 2.05) is 35.2 Å². The van der Waals surface area contributed by atoms with Gasteiger partial charge in [0, 0.05) is 36.9 Å². The minimum absolute atomic E-state index is 0.0796. The third-order valence-corrected chi connectivity index (χ3v) is 4.51. The van der Waals surface area contributed by atoms with Crippen LogP contribution in [0.25, 0.3) is 0 Å². The van der Waals surface area contributed by atoms with Gasteiger partial charge in [-0.15, -0.1) is 0 Å². The molecule has 136 valence electrons. The first-order valence-corrected chi connectivity index (χ1v) is 8.76. The molecule has 2 aromatic carbocycles. The molecular formula is C19H20ClN3O3. The maximum absolute atomic E-state index is 12.6. The summed E-state index contributed by atoms with van der Waals surface area (Å²) in [7, 11) is 0. The topological polar surface area (TPSA) is 72.9 Å². The summed E-state index contributed by atoms with van der Waals surface area (Å²) in [5.74, 6) is -0.411. The number of para-hydroxylation sites is 1. The summed E-state index contributed by atoms with van der Waals surface area (Å²) >= 11 is 5.91. The third-order valence-electron chi connectivity index (χ3n) is 4.27. The van der Waals surface area contributed by atoms with Gasteiger partial charge in [0.1, 0.15) is 5.75 Å². The molecule has 0 unspecified atom stereocenters. The maximum atomic E-state index is 12.6. The van der Waals surface area contributed by atoms with Crippen molar-refractivity contribution in [3.8, 4) is 5.75 Å². The van der Waals surface area contributed by atoms with Gasteiger partial charge in [-0.25, -0.2) is 0 Å². The Morgan fingerprint density at radius 3 is 2.42 bits per heavy atom. The van der Waals surface area contributed by atoms with E-state index in [1.165, 1.54) is 18.2 Å². The Bertz CT molecular complexity index is 790. The number of halogens is 1. The van der Waals surface area contributed by atoms with Crippen LogP contribution in [0.5, 0.6) is 5.75 Å². The van der Waals surface area contributed by atoms with E-state index >= 15 is 0 Å². The fraction of sp³-hybridized carbons (Fsp3) is 0.263. The number of rotatable bonds is 4. The van der Waals surface area contributed by atoms with E-state index < -0.39 is 0 Å². The standard InChI is InChI=1S/C19H20ClN3O3/c20-14-6-7-17(24)16(12-14)19(26)23-10-8-22(9-11-23)13-18(25)21-15-4-2-1-3-5-15/h1-7,12,24H,8-11,13H2,(H,21,25). The number of aromatic hydroxyl groups is 1. The number of nitrogens with one attached hydrogen (secondary N) is 1. The lowest BCUT2D eigenvalue weighted by atomic mass is 10.1. The average Bonchev–Trinajstić information content (AvgIpc) is 2.64. The van der Waals surface area contributed by atoms with Gasteiger partial charge in [0.25, 0.3) is 5.91 Å². The number of carbonyl (C=O) groups excluding carboxylic acids is 2. The summed E-state index contributed by atoms with van der Waals surface area (Å²) < 4.78 is 0. The van der Waals surface area contributed by atoms with E-state index in [4.69, 9.17) is 11.6 Å². The monoisotopic (exact) mass is 373 g/mol. The largest absolute Gasteiger partial charge is 0.507 e. The zero-order valence-electron chi connectivity index (χ0n) is 14.2. The molecule has 0 aromatic heterocycles. The highest BCUT2D eigenvalue weighted by molar-refractivity contribution is 6.31. The Balaban J connectivity index is 1.51. The van der Waals surface area contributed by atoms with E-state index in [0.717, 1.165) is 5.69 Å². The molecule has 6 nitrogen and oxygen atoms in total. The van der Waals surface area contributed by atoms with Gasteiger partial charge >= 0.3 is 0 Å². The molecule has 2 N–H and O–H groups in total. The first-order chi connectivity index (χ1) is 12.5. The van der Waals surface area contributed by atoms with Crippen LogP contribution in [-0.2, 0) is 4.79 Å². The quantitative estimate of drug-likeness (QED) is 0.863. The highest BCUT2D eigenvalue weighted by Gasteiger charge is 2.25. The molecule has 0 spiro atoms. The van der Waals surface area contributed by atoms with Gasteiger partial charge in [0.15, 0.2) is 0 Å². The molecular weight excluding hydrogens is 354 g/mol. The average molecular weight is 374 g/mol. The molecule has 1 aliphatic heterocycles. The molecule has 1 heterocycles. The van der Waals surface area contributed by atoms with Crippen LogP contribution in [0, 0.1) is 0 Å². The van der Waals surface area contributed by atoms with Crippen LogP contribution in [0.3, 0.4) is 0 Å². The number of hydrogen-bond donors (Lipinski definition) is 2. The predicted octanol–water partition coefficient (Wildman–Crippen LogP) is 2.44. The molecule has 0 aliphatic carbocycles. The first kappa shape index (κ1) is 18.2. The minimum atomic E-state index is -0.251. The number of carbonyl (C=O) groups is 2.